The zero-order chi connectivity index (χ0) is 16.7. The van der Waals surface area contributed by atoms with Gasteiger partial charge in [-0.15, -0.1) is 0 Å². The molecule has 4 heteroatoms. The number of aryl methyl sites for hydroxylation is 1. The summed E-state index contributed by atoms with van der Waals surface area (Å²) in [6.45, 7) is 3.83. The largest absolute Gasteiger partial charge is 0.288 e. The number of hydrogen-bond donors (Lipinski definition) is 0. The van der Waals surface area contributed by atoms with Gasteiger partial charge in [-0.3, -0.25) is 9.58 Å². The molecule has 0 fully saturated rings. The molecule has 0 bridgehead atoms. The minimum Gasteiger partial charge on any atom is -0.288 e. The van der Waals surface area contributed by atoms with Crippen LogP contribution in [-0.2, 0) is 20.1 Å². The number of fused-ring (bicyclic) bond motifs is 1. The average molecular weight is 321 g/mol. The monoisotopic (exact) mass is 321 g/mol. The lowest BCUT2D eigenvalue weighted by Crippen LogP contribution is -2.21. The first-order valence-electron chi connectivity index (χ1n) is 8.21. The molecule has 1 atom stereocenters. The van der Waals surface area contributed by atoms with Gasteiger partial charge in [0.05, 0.1) is 6.20 Å². The molecule has 1 aromatic heterocycles. The van der Waals surface area contributed by atoms with E-state index < -0.39 is 0 Å². The summed E-state index contributed by atoms with van der Waals surface area (Å²) in [5.41, 5.74) is 5.23. The Balaban J connectivity index is 1.58. The highest BCUT2D eigenvalue weighted by atomic mass is 19.1. The summed E-state index contributed by atoms with van der Waals surface area (Å²) in [5.74, 6) is -0.153. The van der Waals surface area contributed by atoms with Crippen LogP contribution in [0, 0.1) is 5.82 Å². The Labute approximate surface area is 141 Å². The van der Waals surface area contributed by atoms with Gasteiger partial charge in [-0.2, -0.15) is 5.10 Å². The zero-order valence-corrected chi connectivity index (χ0v) is 13.9. The number of nitrogens with zero attached hydrogens (tertiary/aromatic N) is 3. The highest BCUT2D eigenvalue weighted by molar-refractivity contribution is 5.62. The highest BCUT2D eigenvalue weighted by Gasteiger charge is 2.25. The van der Waals surface area contributed by atoms with E-state index in [9.17, 15) is 4.39 Å². The van der Waals surface area contributed by atoms with Gasteiger partial charge in [0, 0.05) is 43.5 Å². The summed E-state index contributed by atoms with van der Waals surface area (Å²) in [7, 11) is 1.86. The average Bonchev–Trinajstić information content (AvgIpc) is 3.20. The lowest BCUT2D eigenvalue weighted by atomic mass is 10.0. The van der Waals surface area contributed by atoms with E-state index in [-0.39, 0.29) is 11.9 Å². The van der Waals surface area contributed by atoms with Crippen molar-refractivity contribution in [2.75, 3.05) is 0 Å². The summed E-state index contributed by atoms with van der Waals surface area (Å²) in [6, 6.07) is 14.0. The van der Waals surface area contributed by atoms with Gasteiger partial charge < -0.3 is 0 Å². The molecule has 0 spiro atoms. The van der Waals surface area contributed by atoms with Crippen LogP contribution in [0.1, 0.15) is 29.7 Å². The van der Waals surface area contributed by atoms with Crippen LogP contribution in [-0.4, -0.2) is 14.7 Å². The molecule has 0 amide bonds. The Morgan fingerprint density at radius 3 is 2.33 bits per heavy atom. The van der Waals surface area contributed by atoms with Gasteiger partial charge in [-0.1, -0.05) is 36.4 Å². The molecule has 3 aromatic rings. The lowest BCUT2D eigenvalue weighted by molar-refractivity contribution is 0.211. The number of aromatic nitrogens is 2. The summed E-state index contributed by atoms with van der Waals surface area (Å²) < 4.78 is 16.4. The third kappa shape index (κ3) is 2.63. The first-order valence-corrected chi connectivity index (χ1v) is 8.21. The maximum atomic E-state index is 14.7. The van der Waals surface area contributed by atoms with Crippen molar-refractivity contribution in [3.8, 4) is 11.1 Å². The molecule has 24 heavy (non-hydrogen) atoms. The Bertz CT molecular complexity index is 859. The summed E-state index contributed by atoms with van der Waals surface area (Å²) in [6.07, 6.45) is 3.66. The SMILES string of the molecule is CC(c1ccc(-c2cnn(C)c2)cc1F)N1Cc2ccccc2C1. The molecule has 0 N–H and O–H groups in total. The third-order valence-corrected chi connectivity index (χ3v) is 4.90. The van der Waals surface area contributed by atoms with Crippen molar-refractivity contribution in [3.63, 3.8) is 0 Å². The fourth-order valence-electron chi connectivity index (χ4n) is 3.45. The number of halogens is 1. The predicted molar refractivity (Wildman–Crippen MR) is 92.7 cm³/mol. The van der Waals surface area contributed by atoms with Gasteiger partial charge in [0.25, 0.3) is 0 Å². The van der Waals surface area contributed by atoms with Gasteiger partial charge >= 0.3 is 0 Å². The van der Waals surface area contributed by atoms with Crippen LogP contribution in [0.15, 0.2) is 54.9 Å². The van der Waals surface area contributed by atoms with Crippen LogP contribution in [0.25, 0.3) is 11.1 Å². The van der Waals surface area contributed by atoms with Gasteiger partial charge in [-0.05, 0) is 29.7 Å². The molecule has 1 unspecified atom stereocenters. The van der Waals surface area contributed by atoms with Crippen LogP contribution < -0.4 is 0 Å². The zero-order valence-electron chi connectivity index (χ0n) is 13.9. The van der Waals surface area contributed by atoms with Crippen molar-refractivity contribution in [1.29, 1.82) is 0 Å². The van der Waals surface area contributed by atoms with Crippen molar-refractivity contribution < 1.29 is 4.39 Å². The van der Waals surface area contributed by atoms with Crippen LogP contribution >= 0.6 is 0 Å². The first-order chi connectivity index (χ1) is 11.6. The minimum absolute atomic E-state index is 0.0420. The van der Waals surface area contributed by atoms with Crippen molar-refractivity contribution in [3.05, 3.63) is 77.4 Å². The second-order valence-corrected chi connectivity index (χ2v) is 6.49. The molecule has 2 aromatic carbocycles. The van der Waals surface area contributed by atoms with E-state index in [1.54, 1.807) is 16.9 Å². The second-order valence-electron chi connectivity index (χ2n) is 6.49. The van der Waals surface area contributed by atoms with E-state index in [2.05, 4.69) is 41.2 Å². The van der Waals surface area contributed by atoms with E-state index in [0.29, 0.717) is 0 Å². The van der Waals surface area contributed by atoms with Gasteiger partial charge in [0.1, 0.15) is 5.82 Å². The van der Waals surface area contributed by atoms with Crippen LogP contribution in [0.4, 0.5) is 4.39 Å². The molecule has 0 saturated heterocycles. The maximum absolute atomic E-state index is 14.7. The molecule has 3 nitrogen and oxygen atoms in total. The molecule has 4 rings (SSSR count). The van der Waals surface area contributed by atoms with E-state index in [1.165, 1.54) is 11.1 Å². The second kappa shape index (κ2) is 5.87. The molecule has 2 heterocycles. The number of hydrogen-bond acceptors (Lipinski definition) is 2. The number of benzene rings is 2. The summed E-state index contributed by atoms with van der Waals surface area (Å²) in [4.78, 5) is 2.31. The van der Waals surface area contributed by atoms with Crippen molar-refractivity contribution in [1.82, 2.24) is 14.7 Å². The Kier molecular flexibility index (Phi) is 3.69. The highest BCUT2D eigenvalue weighted by Crippen LogP contribution is 2.33. The Morgan fingerprint density at radius 2 is 1.75 bits per heavy atom. The molecule has 0 saturated carbocycles. The topological polar surface area (TPSA) is 21.1 Å². The van der Waals surface area contributed by atoms with E-state index >= 15 is 0 Å². The van der Waals surface area contributed by atoms with Crippen molar-refractivity contribution >= 4 is 0 Å². The van der Waals surface area contributed by atoms with E-state index in [0.717, 1.165) is 29.8 Å². The van der Waals surface area contributed by atoms with E-state index in [1.807, 2.05) is 25.4 Å². The molecule has 0 radical (unpaired) electrons. The molecular formula is C20H20FN3. The van der Waals surface area contributed by atoms with Crippen LogP contribution in [0.2, 0.25) is 0 Å². The fraction of sp³-hybridized carbons (Fsp3) is 0.250. The van der Waals surface area contributed by atoms with Gasteiger partial charge in [0.15, 0.2) is 0 Å². The summed E-state index contributed by atoms with van der Waals surface area (Å²) >= 11 is 0. The van der Waals surface area contributed by atoms with Crippen LogP contribution in [0.3, 0.4) is 0 Å². The normalized spacial score (nSPS) is 15.5. The molecule has 1 aliphatic heterocycles. The molecule has 0 aliphatic carbocycles. The Morgan fingerprint density at radius 1 is 1.04 bits per heavy atom. The fourth-order valence-corrected chi connectivity index (χ4v) is 3.45. The third-order valence-electron chi connectivity index (χ3n) is 4.90. The quantitative estimate of drug-likeness (QED) is 0.717. The summed E-state index contributed by atoms with van der Waals surface area (Å²) in [5, 5.41) is 4.15. The number of rotatable bonds is 3. The standard InChI is InChI=1S/C20H20FN3/c1-14(24-12-16-5-3-4-6-17(16)13-24)19-8-7-15(9-20(19)21)18-10-22-23(2)11-18/h3-11,14H,12-13H2,1-2H3. The van der Waals surface area contributed by atoms with E-state index in [4.69, 9.17) is 0 Å². The lowest BCUT2D eigenvalue weighted by Gasteiger charge is -2.24. The molecule has 122 valence electrons. The Hall–Kier alpha value is -2.46. The minimum atomic E-state index is -0.153. The maximum Gasteiger partial charge on any atom is 0.128 e. The van der Waals surface area contributed by atoms with Gasteiger partial charge in [-0.25, -0.2) is 4.39 Å². The molecular weight excluding hydrogens is 301 g/mol. The van der Waals surface area contributed by atoms with Crippen molar-refractivity contribution in [2.24, 2.45) is 7.05 Å². The van der Waals surface area contributed by atoms with Gasteiger partial charge in [0.2, 0.25) is 0 Å². The van der Waals surface area contributed by atoms with Crippen molar-refractivity contribution in [2.45, 2.75) is 26.1 Å². The predicted octanol–water partition coefficient (Wildman–Crippen LogP) is 4.30. The first kappa shape index (κ1) is 15.1. The smallest absolute Gasteiger partial charge is 0.128 e. The molecule has 1 aliphatic rings. The van der Waals surface area contributed by atoms with Crippen LogP contribution in [0.5, 0.6) is 0 Å².